The van der Waals surface area contributed by atoms with Crippen molar-refractivity contribution in [2.45, 2.75) is 19.9 Å². The molecule has 6 nitrogen and oxygen atoms in total. The van der Waals surface area contributed by atoms with Crippen molar-refractivity contribution >= 4 is 16.8 Å². The maximum Gasteiger partial charge on any atom is 0.258 e. The third-order valence-electron chi connectivity index (χ3n) is 4.52. The number of pyridine rings is 1. The van der Waals surface area contributed by atoms with Crippen molar-refractivity contribution in [3.05, 3.63) is 59.5 Å². The Labute approximate surface area is 168 Å². The molecule has 0 saturated carbocycles. The predicted molar refractivity (Wildman–Crippen MR) is 108 cm³/mol. The van der Waals surface area contributed by atoms with Gasteiger partial charge in [0.05, 0.1) is 20.3 Å². The first-order valence-electron chi connectivity index (χ1n) is 9.13. The number of aryl methyl sites for hydroxylation is 1. The van der Waals surface area contributed by atoms with Crippen molar-refractivity contribution in [2.75, 3.05) is 20.8 Å². The Morgan fingerprint density at radius 1 is 1.14 bits per heavy atom. The first-order chi connectivity index (χ1) is 13.9. The molecule has 2 aromatic carbocycles. The van der Waals surface area contributed by atoms with Gasteiger partial charge < -0.3 is 19.5 Å². The minimum atomic E-state index is -0.431. The van der Waals surface area contributed by atoms with E-state index < -0.39 is 5.82 Å². The van der Waals surface area contributed by atoms with Crippen LogP contribution in [-0.4, -0.2) is 31.7 Å². The van der Waals surface area contributed by atoms with Crippen molar-refractivity contribution in [2.24, 2.45) is 0 Å². The zero-order valence-electron chi connectivity index (χ0n) is 16.8. The topological polar surface area (TPSA) is 69.7 Å². The van der Waals surface area contributed by atoms with Crippen LogP contribution in [0.4, 0.5) is 4.39 Å². The summed E-state index contributed by atoms with van der Waals surface area (Å²) in [6.45, 7) is 3.37. The van der Waals surface area contributed by atoms with E-state index in [0.717, 1.165) is 5.56 Å². The van der Waals surface area contributed by atoms with Gasteiger partial charge in [-0.1, -0.05) is 6.07 Å². The van der Waals surface area contributed by atoms with Crippen LogP contribution in [0.3, 0.4) is 0 Å². The van der Waals surface area contributed by atoms with Crippen LogP contribution in [0.1, 0.15) is 24.2 Å². The number of aromatic nitrogens is 1. The molecule has 1 N–H and O–H groups in total. The summed E-state index contributed by atoms with van der Waals surface area (Å²) < 4.78 is 30.3. The van der Waals surface area contributed by atoms with Gasteiger partial charge in [-0.15, -0.1) is 0 Å². The number of hydrogen-bond acceptors (Lipinski definition) is 5. The van der Waals surface area contributed by atoms with Crippen LogP contribution in [-0.2, 0) is 4.79 Å². The van der Waals surface area contributed by atoms with Crippen molar-refractivity contribution in [3.63, 3.8) is 0 Å². The van der Waals surface area contributed by atoms with Crippen LogP contribution in [0.15, 0.2) is 42.5 Å². The highest BCUT2D eigenvalue weighted by Gasteiger charge is 2.16. The van der Waals surface area contributed by atoms with Gasteiger partial charge in [-0.05, 0) is 44.2 Å². The minimum Gasteiger partial charge on any atom is -0.497 e. The number of fused-ring (bicyclic) bond motifs is 1. The summed E-state index contributed by atoms with van der Waals surface area (Å²) in [4.78, 5) is 16.6. The summed E-state index contributed by atoms with van der Waals surface area (Å²) in [6.07, 6.45) is 0. The lowest BCUT2D eigenvalue weighted by Gasteiger charge is -2.18. The molecule has 0 bridgehead atoms. The van der Waals surface area contributed by atoms with Crippen LogP contribution >= 0.6 is 0 Å². The lowest BCUT2D eigenvalue weighted by Crippen LogP contribution is -2.31. The summed E-state index contributed by atoms with van der Waals surface area (Å²) in [5.41, 5.74) is 1.61. The van der Waals surface area contributed by atoms with Gasteiger partial charge in [-0.25, -0.2) is 9.37 Å². The van der Waals surface area contributed by atoms with E-state index in [1.807, 2.05) is 13.0 Å². The Morgan fingerprint density at radius 3 is 2.66 bits per heavy atom. The zero-order chi connectivity index (χ0) is 21.0. The number of benzene rings is 2. The van der Waals surface area contributed by atoms with E-state index in [0.29, 0.717) is 28.3 Å². The maximum atomic E-state index is 14.0. The van der Waals surface area contributed by atoms with E-state index in [1.165, 1.54) is 6.07 Å². The highest BCUT2D eigenvalue weighted by Crippen LogP contribution is 2.30. The van der Waals surface area contributed by atoms with Crippen molar-refractivity contribution in [3.8, 4) is 17.2 Å². The molecule has 0 radical (unpaired) electrons. The Balaban J connectivity index is 1.73. The van der Waals surface area contributed by atoms with Crippen molar-refractivity contribution in [1.29, 1.82) is 0 Å². The molecule has 1 aromatic heterocycles. The molecule has 0 unspecified atom stereocenters. The molecular weight excluding hydrogens is 375 g/mol. The maximum absolute atomic E-state index is 14.0. The number of nitrogens with one attached hydrogen (secondary N) is 1. The van der Waals surface area contributed by atoms with E-state index >= 15 is 0 Å². The molecule has 152 valence electrons. The Hall–Kier alpha value is -3.35. The van der Waals surface area contributed by atoms with Crippen LogP contribution in [0.2, 0.25) is 0 Å². The number of carbonyl (C=O) groups excluding carboxylic acids is 1. The second kappa shape index (κ2) is 8.77. The molecule has 1 amide bonds. The third kappa shape index (κ3) is 4.56. The number of ether oxygens (including phenoxy) is 3. The standard InChI is InChI=1S/C22H23FN2O4/c1-13-10-20(16-6-5-7-18(23)22(16)24-13)29-12-21(26)25-14(2)17-11-15(27-3)8-9-19(17)28-4/h5-11,14H,12H2,1-4H3,(H,25,26)/t14-/m1/s1. The molecule has 29 heavy (non-hydrogen) atoms. The van der Waals surface area contributed by atoms with E-state index in [-0.39, 0.29) is 24.1 Å². The number of amides is 1. The molecule has 0 aliphatic carbocycles. The number of nitrogens with zero attached hydrogens (tertiary/aromatic N) is 1. The molecule has 3 aromatic rings. The molecule has 0 aliphatic rings. The number of para-hydroxylation sites is 1. The molecule has 3 rings (SSSR count). The third-order valence-corrected chi connectivity index (χ3v) is 4.52. The second-order valence-corrected chi connectivity index (χ2v) is 6.58. The molecule has 0 spiro atoms. The summed E-state index contributed by atoms with van der Waals surface area (Å²) in [6, 6.07) is 11.4. The van der Waals surface area contributed by atoms with Crippen molar-refractivity contribution in [1.82, 2.24) is 10.3 Å². The van der Waals surface area contributed by atoms with E-state index in [2.05, 4.69) is 10.3 Å². The normalized spacial score (nSPS) is 11.8. The van der Waals surface area contributed by atoms with Crippen LogP contribution in [0.5, 0.6) is 17.2 Å². The summed E-state index contributed by atoms with van der Waals surface area (Å²) >= 11 is 0. The van der Waals surface area contributed by atoms with Crippen LogP contribution in [0.25, 0.3) is 10.9 Å². The number of hydrogen-bond donors (Lipinski definition) is 1. The number of methoxy groups -OCH3 is 2. The summed E-state index contributed by atoms with van der Waals surface area (Å²) in [7, 11) is 3.14. The van der Waals surface area contributed by atoms with Gasteiger partial charge in [0.25, 0.3) is 5.91 Å². The average molecular weight is 398 g/mol. The highest BCUT2D eigenvalue weighted by atomic mass is 19.1. The van der Waals surface area contributed by atoms with Gasteiger partial charge in [0.15, 0.2) is 6.61 Å². The fourth-order valence-corrected chi connectivity index (χ4v) is 3.11. The van der Waals surface area contributed by atoms with E-state index in [9.17, 15) is 9.18 Å². The fourth-order valence-electron chi connectivity index (χ4n) is 3.11. The Kier molecular flexibility index (Phi) is 6.16. The molecule has 0 fully saturated rings. The van der Waals surface area contributed by atoms with Crippen LogP contribution in [0, 0.1) is 12.7 Å². The molecular formula is C22H23FN2O4. The first kappa shape index (κ1) is 20.4. The largest absolute Gasteiger partial charge is 0.497 e. The Bertz CT molecular complexity index is 1040. The van der Waals surface area contributed by atoms with E-state index in [4.69, 9.17) is 14.2 Å². The lowest BCUT2D eigenvalue weighted by molar-refractivity contribution is -0.123. The SMILES string of the molecule is COc1ccc(OC)c([C@@H](C)NC(=O)COc2cc(C)nc3c(F)cccc23)c1. The van der Waals surface area contributed by atoms with Gasteiger partial charge in [0, 0.05) is 22.7 Å². The molecule has 7 heteroatoms. The lowest BCUT2D eigenvalue weighted by atomic mass is 10.1. The molecule has 1 atom stereocenters. The number of halogens is 1. The fraction of sp³-hybridized carbons (Fsp3) is 0.273. The monoisotopic (exact) mass is 398 g/mol. The molecule has 0 saturated heterocycles. The van der Waals surface area contributed by atoms with Gasteiger partial charge in [0.1, 0.15) is 28.6 Å². The smallest absolute Gasteiger partial charge is 0.258 e. The van der Waals surface area contributed by atoms with E-state index in [1.54, 1.807) is 51.5 Å². The minimum absolute atomic E-state index is 0.217. The molecule has 0 aliphatic heterocycles. The van der Waals surface area contributed by atoms with Gasteiger partial charge >= 0.3 is 0 Å². The first-order valence-corrected chi connectivity index (χ1v) is 9.13. The predicted octanol–water partition coefficient (Wildman–Crippen LogP) is 3.96. The van der Waals surface area contributed by atoms with Gasteiger partial charge in [-0.2, -0.15) is 0 Å². The Morgan fingerprint density at radius 2 is 1.93 bits per heavy atom. The quantitative estimate of drug-likeness (QED) is 0.653. The average Bonchev–Trinajstić information content (AvgIpc) is 2.72. The second-order valence-electron chi connectivity index (χ2n) is 6.58. The summed E-state index contributed by atoms with van der Waals surface area (Å²) in [5.74, 6) is 0.971. The van der Waals surface area contributed by atoms with Crippen LogP contribution < -0.4 is 19.5 Å². The summed E-state index contributed by atoms with van der Waals surface area (Å²) in [5, 5.41) is 3.40. The molecule has 1 heterocycles. The highest BCUT2D eigenvalue weighted by molar-refractivity contribution is 5.86. The number of rotatable bonds is 7. The number of carbonyl (C=O) groups is 1. The van der Waals surface area contributed by atoms with Gasteiger partial charge in [-0.3, -0.25) is 4.79 Å². The van der Waals surface area contributed by atoms with Gasteiger partial charge in [0.2, 0.25) is 0 Å². The zero-order valence-corrected chi connectivity index (χ0v) is 16.8. The van der Waals surface area contributed by atoms with Crippen molar-refractivity contribution < 1.29 is 23.4 Å².